The maximum atomic E-state index is 12.5. The molecule has 1 aromatic heterocycles. The van der Waals surface area contributed by atoms with E-state index in [-0.39, 0.29) is 11.7 Å². The molecule has 30 heavy (non-hydrogen) atoms. The number of nitrogens with zero attached hydrogens (tertiary/aromatic N) is 2. The van der Waals surface area contributed by atoms with Gasteiger partial charge in [0.1, 0.15) is 0 Å². The Hall–Kier alpha value is -3.45. The van der Waals surface area contributed by atoms with Crippen molar-refractivity contribution in [3.63, 3.8) is 0 Å². The second-order valence-electron chi connectivity index (χ2n) is 7.41. The predicted octanol–water partition coefficient (Wildman–Crippen LogP) is 3.45. The van der Waals surface area contributed by atoms with Gasteiger partial charge in [0.15, 0.2) is 5.11 Å². The fraction of sp³-hybridized carbons (Fsp3) is 0.174. The van der Waals surface area contributed by atoms with E-state index in [4.69, 9.17) is 12.2 Å². The van der Waals surface area contributed by atoms with Crippen molar-refractivity contribution in [2.75, 3.05) is 19.0 Å². The summed E-state index contributed by atoms with van der Waals surface area (Å²) in [6, 6.07) is 19.7. The molecule has 2 aromatic carbocycles. The van der Waals surface area contributed by atoms with Crippen LogP contribution in [0.5, 0.6) is 0 Å². The van der Waals surface area contributed by atoms with Crippen molar-refractivity contribution in [1.29, 1.82) is 0 Å². The number of aromatic amines is 1. The molecule has 0 amide bonds. The summed E-state index contributed by atoms with van der Waals surface area (Å²) in [7, 11) is 3.98. The number of allylic oxidation sites excluding steroid dienone is 1. The third-order valence-corrected chi connectivity index (χ3v) is 5.34. The Morgan fingerprint density at radius 2 is 1.73 bits per heavy atom. The van der Waals surface area contributed by atoms with E-state index >= 15 is 0 Å². The lowest BCUT2D eigenvalue weighted by molar-refractivity contribution is 0.754. The van der Waals surface area contributed by atoms with Crippen LogP contribution in [0.15, 0.2) is 71.2 Å². The first-order valence-corrected chi connectivity index (χ1v) is 10.1. The number of H-pyrrole nitrogens is 1. The number of hydrogen-bond donors (Lipinski definition) is 3. The van der Waals surface area contributed by atoms with E-state index in [2.05, 4.69) is 20.6 Å². The van der Waals surface area contributed by atoms with E-state index in [0.717, 1.165) is 28.1 Å². The molecule has 1 aliphatic heterocycles. The lowest BCUT2D eigenvalue weighted by Gasteiger charge is -2.31. The number of benzene rings is 2. The first-order valence-electron chi connectivity index (χ1n) is 9.65. The summed E-state index contributed by atoms with van der Waals surface area (Å²) in [6.07, 6.45) is 0. The number of hydrogen-bond acceptors (Lipinski definition) is 4. The number of nitrogens with one attached hydrogen (secondary N) is 3. The average Bonchev–Trinajstić information content (AvgIpc) is 2.73. The van der Waals surface area contributed by atoms with E-state index in [9.17, 15) is 4.79 Å². The topological polar surface area (TPSA) is 73.0 Å². The van der Waals surface area contributed by atoms with E-state index in [0.29, 0.717) is 16.5 Å². The Bertz CT molecular complexity index is 1170. The van der Waals surface area contributed by atoms with Gasteiger partial charge < -0.3 is 20.5 Å². The van der Waals surface area contributed by atoms with Crippen LogP contribution in [0.25, 0.3) is 16.8 Å². The van der Waals surface area contributed by atoms with Crippen molar-refractivity contribution in [2.45, 2.75) is 13.0 Å². The molecule has 2 heterocycles. The fourth-order valence-corrected chi connectivity index (χ4v) is 3.90. The second-order valence-corrected chi connectivity index (χ2v) is 7.82. The molecular weight excluding hydrogens is 394 g/mol. The third-order valence-electron chi connectivity index (χ3n) is 5.12. The predicted molar refractivity (Wildman–Crippen MR) is 125 cm³/mol. The molecule has 1 aliphatic rings. The largest absolute Gasteiger partial charge is 0.378 e. The zero-order chi connectivity index (χ0) is 21.3. The minimum absolute atomic E-state index is 0.179. The van der Waals surface area contributed by atoms with E-state index in [1.54, 1.807) is 0 Å². The highest BCUT2D eigenvalue weighted by molar-refractivity contribution is 7.80. The molecule has 0 saturated heterocycles. The van der Waals surface area contributed by atoms with Crippen molar-refractivity contribution < 1.29 is 0 Å². The Kier molecular flexibility index (Phi) is 5.37. The summed E-state index contributed by atoms with van der Waals surface area (Å²) in [4.78, 5) is 21.6. The molecule has 0 saturated carbocycles. The smallest absolute Gasteiger partial charge is 0.345 e. The van der Waals surface area contributed by atoms with Crippen molar-refractivity contribution >= 4 is 28.6 Å². The van der Waals surface area contributed by atoms with Crippen molar-refractivity contribution in [3.05, 3.63) is 88.1 Å². The molecule has 0 spiro atoms. The summed E-state index contributed by atoms with van der Waals surface area (Å²) in [5, 5.41) is 7.06. The summed E-state index contributed by atoms with van der Waals surface area (Å²) in [6.45, 7) is 1.96. The van der Waals surface area contributed by atoms with Gasteiger partial charge >= 0.3 is 5.69 Å². The van der Waals surface area contributed by atoms with Crippen LogP contribution < -0.4 is 21.2 Å². The molecular formula is C23H23N5OS. The monoisotopic (exact) mass is 417 g/mol. The molecule has 0 aliphatic carbocycles. The highest BCUT2D eigenvalue weighted by Gasteiger charge is 2.27. The molecule has 7 heteroatoms. The fourth-order valence-electron chi connectivity index (χ4n) is 3.63. The molecule has 0 radical (unpaired) electrons. The van der Waals surface area contributed by atoms with Crippen LogP contribution >= 0.6 is 12.2 Å². The van der Waals surface area contributed by atoms with Gasteiger partial charge in [0.05, 0.1) is 17.4 Å². The van der Waals surface area contributed by atoms with Crippen LogP contribution in [-0.2, 0) is 0 Å². The van der Waals surface area contributed by atoms with Crippen LogP contribution in [0.1, 0.15) is 24.2 Å². The first-order chi connectivity index (χ1) is 14.4. The van der Waals surface area contributed by atoms with Crippen LogP contribution in [0, 0.1) is 0 Å². The van der Waals surface area contributed by atoms with E-state index < -0.39 is 0 Å². The Labute approximate surface area is 180 Å². The summed E-state index contributed by atoms with van der Waals surface area (Å²) in [5.74, 6) is 0. The molecule has 0 fully saturated rings. The zero-order valence-electron chi connectivity index (χ0n) is 17.1. The molecule has 3 aromatic rings. The molecule has 4 rings (SSSR count). The van der Waals surface area contributed by atoms with Crippen molar-refractivity contribution in [1.82, 2.24) is 20.6 Å². The zero-order valence-corrected chi connectivity index (χ0v) is 17.9. The number of rotatable bonds is 4. The first kappa shape index (κ1) is 19.8. The summed E-state index contributed by atoms with van der Waals surface area (Å²) >= 11 is 5.38. The van der Waals surface area contributed by atoms with Gasteiger partial charge in [-0.25, -0.2) is 4.79 Å². The standard InChI is InChI=1S/C23H23N5OS/c1-14-20(21(27-23(30)24-14)16-7-5-4-6-8-16)19-13-18(25-22(29)26-19)15-9-11-17(12-10-15)28(2)3/h4-13,21H,1-3H3,(H2,24,27,30)(H,25,26,29). The lowest BCUT2D eigenvalue weighted by atomic mass is 9.92. The molecule has 152 valence electrons. The Morgan fingerprint density at radius 3 is 2.40 bits per heavy atom. The molecule has 3 N–H and O–H groups in total. The van der Waals surface area contributed by atoms with Gasteiger partial charge in [-0.1, -0.05) is 42.5 Å². The number of anilines is 1. The Balaban J connectivity index is 1.81. The van der Waals surface area contributed by atoms with Crippen molar-refractivity contribution in [2.24, 2.45) is 0 Å². The molecule has 6 nitrogen and oxygen atoms in total. The molecule has 0 bridgehead atoms. The van der Waals surface area contributed by atoms with Gasteiger partial charge in [-0.3, -0.25) is 0 Å². The van der Waals surface area contributed by atoms with Crippen molar-refractivity contribution in [3.8, 4) is 11.3 Å². The normalized spacial score (nSPS) is 16.1. The van der Waals surface area contributed by atoms with Crippen LogP contribution in [0.3, 0.4) is 0 Å². The minimum atomic E-state index is -0.389. The van der Waals surface area contributed by atoms with Gasteiger partial charge in [0, 0.05) is 36.6 Å². The maximum Gasteiger partial charge on any atom is 0.345 e. The quantitative estimate of drug-likeness (QED) is 0.565. The SMILES string of the molecule is CC1=C(c2cc(-c3ccc(N(C)C)cc3)nc(=O)[nH]2)C(c2ccccc2)NC(=S)N1. The highest BCUT2D eigenvalue weighted by Crippen LogP contribution is 2.34. The maximum absolute atomic E-state index is 12.5. The highest BCUT2D eigenvalue weighted by atomic mass is 32.1. The summed E-state index contributed by atoms with van der Waals surface area (Å²) < 4.78 is 0. The van der Waals surface area contributed by atoms with Gasteiger partial charge in [-0.15, -0.1) is 0 Å². The average molecular weight is 418 g/mol. The van der Waals surface area contributed by atoms with Gasteiger partial charge in [-0.2, -0.15) is 4.98 Å². The van der Waals surface area contributed by atoms with Crippen LogP contribution in [0.2, 0.25) is 0 Å². The second kappa shape index (κ2) is 8.12. The Morgan fingerprint density at radius 1 is 1.03 bits per heavy atom. The molecule has 1 unspecified atom stereocenters. The van der Waals surface area contributed by atoms with Gasteiger partial charge in [0.25, 0.3) is 0 Å². The lowest BCUT2D eigenvalue weighted by Crippen LogP contribution is -2.43. The van der Waals surface area contributed by atoms with Gasteiger partial charge in [0.2, 0.25) is 0 Å². The van der Waals surface area contributed by atoms with E-state index in [1.807, 2.05) is 86.6 Å². The number of thiocarbonyl (C=S) groups is 1. The van der Waals surface area contributed by atoms with Crippen LogP contribution in [-0.4, -0.2) is 29.2 Å². The van der Waals surface area contributed by atoms with Crippen LogP contribution in [0.4, 0.5) is 5.69 Å². The minimum Gasteiger partial charge on any atom is -0.378 e. The summed E-state index contributed by atoms with van der Waals surface area (Å²) in [5.41, 5.74) is 5.79. The molecule has 1 atom stereocenters. The van der Waals surface area contributed by atoms with E-state index in [1.165, 1.54) is 0 Å². The van der Waals surface area contributed by atoms with Gasteiger partial charge in [-0.05, 0) is 42.9 Å². The third kappa shape index (κ3) is 3.97. The number of aromatic nitrogens is 2.